The number of imidazole rings is 1. The summed E-state index contributed by atoms with van der Waals surface area (Å²) in [4.78, 5) is 19.4. The number of aromatic nitrogens is 4. The van der Waals surface area contributed by atoms with Gasteiger partial charge in [-0.2, -0.15) is 5.10 Å². The topological polar surface area (TPSA) is 56.0 Å². The van der Waals surface area contributed by atoms with Crippen molar-refractivity contribution in [3.05, 3.63) is 59.8 Å². The van der Waals surface area contributed by atoms with Crippen LogP contribution < -0.4 is 0 Å². The van der Waals surface area contributed by atoms with Crippen molar-refractivity contribution in [1.82, 2.24) is 24.2 Å². The van der Waals surface area contributed by atoms with Crippen LogP contribution in [0.3, 0.4) is 0 Å². The van der Waals surface area contributed by atoms with Crippen molar-refractivity contribution >= 4 is 5.91 Å². The van der Waals surface area contributed by atoms with Gasteiger partial charge in [0.15, 0.2) is 0 Å². The zero-order valence-electron chi connectivity index (χ0n) is 15.7. The largest absolute Gasteiger partial charge is 0.337 e. The highest BCUT2D eigenvalue weighted by Crippen LogP contribution is 2.42. The molecule has 2 aromatic heterocycles. The van der Waals surface area contributed by atoms with Gasteiger partial charge in [-0.3, -0.25) is 9.48 Å². The van der Waals surface area contributed by atoms with Crippen LogP contribution in [0, 0.1) is 12.3 Å². The molecule has 6 heteroatoms. The molecule has 2 aliphatic heterocycles. The van der Waals surface area contributed by atoms with E-state index in [9.17, 15) is 4.79 Å². The molecule has 1 spiro atoms. The zero-order valence-corrected chi connectivity index (χ0v) is 15.7. The van der Waals surface area contributed by atoms with E-state index in [4.69, 9.17) is 0 Å². The third kappa shape index (κ3) is 2.67. The van der Waals surface area contributed by atoms with E-state index < -0.39 is 0 Å². The molecular formula is C21H23N5O. The van der Waals surface area contributed by atoms with Gasteiger partial charge in [0.1, 0.15) is 11.5 Å². The van der Waals surface area contributed by atoms with Gasteiger partial charge in [-0.25, -0.2) is 4.98 Å². The Balaban J connectivity index is 1.37. The molecule has 0 radical (unpaired) electrons. The van der Waals surface area contributed by atoms with Crippen LogP contribution in [0.4, 0.5) is 0 Å². The van der Waals surface area contributed by atoms with Crippen LogP contribution in [0.1, 0.15) is 28.3 Å². The average Bonchev–Trinajstić information content (AvgIpc) is 3.41. The Hall–Kier alpha value is -2.89. The first-order chi connectivity index (χ1) is 13.0. The fourth-order valence-corrected chi connectivity index (χ4v) is 4.49. The summed E-state index contributed by atoms with van der Waals surface area (Å²) in [5, 5.41) is 4.27. The second-order valence-corrected chi connectivity index (χ2v) is 8.04. The van der Waals surface area contributed by atoms with Gasteiger partial charge in [0.2, 0.25) is 0 Å². The number of fused-ring (bicyclic) bond motifs is 1. The highest BCUT2D eigenvalue weighted by molar-refractivity contribution is 5.92. The number of benzene rings is 1. The Bertz CT molecular complexity index is 1020. The molecule has 0 bridgehead atoms. The Morgan fingerprint density at radius 1 is 1.15 bits per heavy atom. The Kier molecular flexibility index (Phi) is 3.50. The summed E-state index contributed by atoms with van der Waals surface area (Å²) in [7, 11) is 1.84. The van der Waals surface area contributed by atoms with E-state index in [0.29, 0.717) is 5.69 Å². The maximum absolute atomic E-state index is 12.8. The predicted octanol–water partition coefficient (Wildman–Crippen LogP) is 2.68. The lowest BCUT2D eigenvalue weighted by Gasteiger charge is -2.23. The number of carbonyl (C=O) groups excluding carboxylic acids is 1. The van der Waals surface area contributed by atoms with E-state index in [2.05, 4.69) is 45.8 Å². The van der Waals surface area contributed by atoms with E-state index in [-0.39, 0.29) is 11.3 Å². The quantitative estimate of drug-likeness (QED) is 0.705. The Labute approximate surface area is 158 Å². The first kappa shape index (κ1) is 16.3. The summed E-state index contributed by atoms with van der Waals surface area (Å²) in [5.41, 5.74) is 4.28. The van der Waals surface area contributed by atoms with Gasteiger partial charge in [-0.15, -0.1) is 0 Å². The molecule has 0 unspecified atom stereocenters. The van der Waals surface area contributed by atoms with Crippen LogP contribution in [0.2, 0.25) is 0 Å². The molecule has 1 amide bonds. The molecule has 0 saturated carbocycles. The molecule has 2 aliphatic rings. The number of amides is 1. The third-order valence-electron chi connectivity index (χ3n) is 5.97. The number of aryl methyl sites for hydroxylation is 2. The van der Waals surface area contributed by atoms with Gasteiger partial charge < -0.3 is 9.47 Å². The summed E-state index contributed by atoms with van der Waals surface area (Å²) >= 11 is 0. The summed E-state index contributed by atoms with van der Waals surface area (Å²) in [6.07, 6.45) is 5.75. The van der Waals surface area contributed by atoms with Gasteiger partial charge in [-0.05, 0) is 25.0 Å². The van der Waals surface area contributed by atoms with Crippen molar-refractivity contribution in [3.63, 3.8) is 0 Å². The van der Waals surface area contributed by atoms with Gasteiger partial charge in [0, 0.05) is 44.7 Å². The second-order valence-electron chi connectivity index (χ2n) is 8.04. The highest BCUT2D eigenvalue weighted by atomic mass is 16.2. The Morgan fingerprint density at radius 3 is 2.70 bits per heavy atom. The van der Waals surface area contributed by atoms with Gasteiger partial charge in [0.25, 0.3) is 5.91 Å². The first-order valence-electron chi connectivity index (χ1n) is 9.43. The number of likely N-dealkylation sites (tertiary alicyclic amines) is 1. The van der Waals surface area contributed by atoms with Crippen LogP contribution in [0.15, 0.2) is 42.7 Å². The monoisotopic (exact) mass is 361 g/mol. The van der Waals surface area contributed by atoms with E-state index in [1.165, 1.54) is 16.8 Å². The number of carbonyl (C=O) groups is 1. The van der Waals surface area contributed by atoms with Gasteiger partial charge in [-0.1, -0.05) is 29.8 Å². The van der Waals surface area contributed by atoms with Crippen LogP contribution in [-0.4, -0.2) is 43.2 Å². The van der Waals surface area contributed by atoms with Crippen molar-refractivity contribution in [3.8, 4) is 11.3 Å². The van der Waals surface area contributed by atoms with Gasteiger partial charge >= 0.3 is 0 Å². The van der Waals surface area contributed by atoms with Crippen LogP contribution >= 0.6 is 0 Å². The minimum atomic E-state index is 0.0378. The molecule has 4 heterocycles. The molecule has 0 aliphatic carbocycles. The molecule has 138 valence electrons. The lowest BCUT2D eigenvalue weighted by Crippen LogP contribution is -2.33. The van der Waals surface area contributed by atoms with Crippen molar-refractivity contribution in [2.75, 3.05) is 13.1 Å². The fourth-order valence-electron chi connectivity index (χ4n) is 4.49. The molecule has 3 aromatic rings. The third-order valence-corrected chi connectivity index (χ3v) is 5.97. The van der Waals surface area contributed by atoms with Crippen molar-refractivity contribution in [2.45, 2.75) is 26.3 Å². The smallest absolute Gasteiger partial charge is 0.274 e. The van der Waals surface area contributed by atoms with Crippen LogP contribution in [0.5, 0.6) is 0 Å². The number of hydrogen-bond acceptors (Lipinski definition) is 3. The van der Waals surface area contributed by atoms with E-state index >= 15 is 0 Å². The standard InChI is InChI=1S/C21H23N5O/c1-15-3-5-16(6-4-15)18-12-22-19-11-21(14-26(18)19)8-10-25(13-21)20(27)17-7-9-24(2)23-17/h3-7,9,12H,8,10-11,13-14H2,1-2H3/t21-/m1/s1. The first-order valence-corrected chi connectivity index (χ1v) is 9.43. The normalized spacial score (nSPS) is 21.2. The van der Waals surface area contributed by atoms with E-state index in [1.54, 1.807) is 10.7 Å². The minimum absolute atomic E-state index is 0.0378. The highest BCUT2D eigenvalue weighted by Gasteiger charge is 2.46. The maximum atomic E-state index is 12.8. The maximum Gasteiger partial charge on any atom is 0.274 e. The van der Waals surface area contributed by atoms with Crippen LogP contribution in [0.25, 0.3) is 11.3 Å². The summed E-state index contributed by atoms with van der Waals surface area (Å²) in [6, 6.07) is 10.4. The lowest BCUT2D eigenvalue weighted by molar-refractivity contribution is 0.0765. The number of rotatable bonds is 2. The lowest BCUT2D eigenvalue weighted by atomic mass is 9.86. The number of nitrogens with zero attached hydrogens (tertiary/aromatic N) is 5. The van der Waals surface area contributed by atoms with Gasteiger partial charge in [0.05, 0.1) is 11.9 Å². The van der Waals surface area contributed by atoms with Crippen LogP contribution in [-0.2, 0) is 20.0 Å². The number of hydrogen-bond donors (Lipinski definition) is 0. The van der Waals surface area contributed by atoms with E-state index in [1.807, 2.05) is 24.3 Å². The van der Waals surface area contributed by atoms with Crippen molar-refractivity contribution < 1.29 is 4.79 Å². The molecule has 5 rings (SSSR count). The molecule has 1 fully saturated rings. The molecule has 1 aromatic carbocycles. The fraction of sp³-hybridized carbons (Fsp3) is 0.381. The molecule has 0 N–H and O–H groups in total. The second kappa shape index (κ2) is 5.81. The summed E-state index contributed by atoms with van der Waals surface area (Å²) in [6.45, 7) is 4.60. The minimum Gasteiger partial charge on any atom is -0.337 e. The molecular weight excluding hydrogens is 338 g/mol. The summed E-state index contributed by atoms with van der Waals surface area (Å²) in [5.74, 6) is 1.17. The predicted molar refractivity (Wildman–Crippen MR) is 102 cm³/mol. The summed E-state index contributed by atoms with van der Waals surface area (Å²) < 4.78 is 4.03. The molecule has 27 heavy (non-hydrogen) atoms. The zero-order chi connectivity index (χ0) is 18.6. The molecule has 1 saturated heterocycles. The van der Waals surface area contributed by atoms with E-state index in [0.717, 1.165) is 38.3 Å². The molecule has 1 atom stereocenters. The SMILES string of the molecule is Cc1ccc(-c2cnc3n2C[C@]2(CCN(C(=O)c4ccn(C)n4)C2)C3)cc1. The molecule has 6 nitrogen and oxygen atoms in total. The average molecular weight is 361 g/mol. The van der Waals surface area contributed by atoms with Crippen molar-refractivity contribution in [1.29, 1.82) is 0 Å². The Morgan fingerprint density at radius 2 is 1.96 bits per heavy atom. The van der Waals surface area contributed by atoms with Crippen molar-refractivity contribution in [2.24, 2.45) is 12.5 Å².